The molecule has 0 aliphatic rings. The number of rotatable bonds is 4. The second kappa shape index (κ2) is 4.96. The molecule has 20 heavy (non-hydrogen) atoms. The molecule has 1 aromatic carbocycles. The van der Waals surface area contributed by atoms with Crippen molar-refractivity contribution in [3.63, 3.8) is 0 Å². The van der Waals surface area contributed by atoms with Gasteiger partial charge in [0.25, 0.3) is 0 Å². The lowest BCUT2D eigenvalue weighted by atomic mass is 10.0. The van der Waals surface area contributed by atoms with Gasteiger partial charge in [0.2, 0.25) is 5.91 Å². The third kappa shape index (κ3) is 2.24. The molecular weight excluding hydrogens is 258 g/mol. The molecule has 0 bridgehead atoms. The van der Waals surface area contributed by atoms with Gasteiger partial charge in [-0.15, -0.1) is 0 Å². The predicted molar refractivity (Wildman–Crippen MR) is 74.5 cm³/mol. The average molecular weight is 275 g/mol. The van der Waals surface area contributed by atoms with Crippen LogP contribution in [0.4, 0.5) is 0 Å². The zero-order chi connectivity index (χ0) is 15.0. The lowest BCUT2D eigenvalue weighted by Crippen LogP contribution is -2.31. The number of imidazole rings is 1. The van der Waals surface area contributed by atoms with Gasteiger partial charge in [0.1, 0.15) is 11.9 Å². The van der Waals surface area contributed by atoms with Gasteiger partial charge < -0.3 is 15.4 Å². The first kappa shape index (κ1) is 14.0. The summed E-state index contributed by atoms with van der Waals surface area (Å²) in [5, 5.41) is 9.00. The number of aromatic nitrogens is 2. The lowest BCUT2D eigenvalue weighted by Gasteiger charge is -2.21. The zero-order valence-corrected chi connectivity index (χ0v) is 11.6. The molecule has 106 valence electrons. The molecule has 2 rings (SSSR count). The molecule has 1 unspecified atom stereocenters. The molecule has 0 spiro atoms. The summed E-state index contributed by atoms with van der Waals surface area (Å²) in [5.41, 5.74) is 6.92. The van der Waals surface area contributed by atoms with Crippen LogP contribution in [0.25, 0.3) is 11.0 Å². The molecular formula is C14H17N3O3. The van der Waals surface area contributed by atoms with E-state index in [1.807, 2.05) is 13.8 Å². The van der Waals surface area contributed by atoms with Crippen LogP contribution in [0, 0.1) is 12.8 Å². The molecule has 0 aliphatic heterocycles. The fourth-order valence-electron chi connectivity index (χ4n) is 2.46. The Bertz CT molecular complexity index is 688. The van der Waals surface area contributed by atoms with E-state index in [4.69, 9.17) is 10.8 Å². The number of aromatic carboxylic acids is 1. The summed E-state index contributed by atoms with van der Waals surface area (Å²) in [6.45, 7) is 5.59. The van der Waals surface area contributed by atoms with Crippen LogP contribution in [0.15, 0.2) is 18.2 Å². The van der Waals surface area contributed by atoms with Gasteiger partial charge in [0.15, 0.2) is 0 Å². The molecule has 1 amide bonds. The number of amides is 1. The number of hydrogen-bond acceptors (Lipinski definition) is 3. The first-order chi connectivity index (χ1) is 9.32. The summed E-state index contributed by atoms with van der Waals surface area (Å²) in [7, 11) is 0. The summed E-state index contributed by atoms with van der Waals surface area (Å²) in [6.07, 6.45) is 0. The Morgan fingerprint density at radius 3 is 2.50 bits per heavy atom. The van der Waals surface area contributed by atoms with E-state index in [0.29, 0.717) is 16.9 Å². The van der Waals surface area contributed by atoms with Crippen LogP contribution in [-0.4, -0.2) is 26.5 Å². The van der Waals surface area contributed by atoms with E-state index < -0.39 is 17.9 Å². The first-order valence-electron chi connectivity index (χ1n) is 6.34. The minimum Gasteiger partial charge on any atom is -0.478 e. The largest absolute Gasteiger partial charge is 0.478 e. The van der Waals surface area contributed by atoms with Crippen molar-refractivity contribution in [3.05, 3.63) is 29.6 Å². The highest BCUT2D eigenvalue weighted by molar-refractivity contribution is 5.93. The van der Waals surface area contributed by atoms with Crippen molar-refractivity contribution >= 4 is 22.9 Å². The molecule has 0 aliphatic carbocycles. The van der Waals surface area contributed by atoms with Crippen LogP contribution in [0.5, 0.6) is 0 Å². The van der Waals surface area contributed by atoms with Crippen molar-refractivity contribution < 1.29 is 14.7 Å². The molecule has 0 saturated heterocycles. The number of carbonyl (C=O) groups is 2. The molecule has 1 aromatic heterocycles. The number of carbonyl (C=O) groups excluding carboxylic acids is 1. The zero-order valence-electron chi connectivity index (χ0n) is 11.6. The Labute approximate surface area is 116 Å². The van der Waals surface area contributed by atoms with E-state index in [0.717, 1.165) is 0 Å². The Kier molecular flexibility index (Phi) is 3.48. The van der Waals surface area contributed by atoms with E-state index >= 15 is 0 Å². The minimum absolute atomic E-state index is 0.0164. The van der Waals surface area contributed by atoms with Crippen molar-refractivity contribution in [2.75, 3.05) is 0 Å². The van der Waals surface area contributed by atoms with E-state index in [2.05, 4.69) is 4.98 Å². The Hall–Kier alpha value is -2.37. The third-order valence-electron chi connectivity index (χ3n) is 3.31. The molecule has 0 fully saturated rings. The van der Waals surface area contributed by atoms with E-state index in [1.165, 1.54) is 12.1 Å². The smallest absolute Gasteiger partial charge is 0.335 e. The van der Waals surface area contributed by atoms with Gasteiger partial charge in [0, 0.05) is 0 Å². The standard InChI is InChI=1S/C14H17N3O3/c1-7(2)12(13(15)18)17-8(3)16-10-6-9(14(19)20)4-5-11(10)17/h4-7,12H,1-3H3,(H2,15,18)(H,19,20). The highest BCUT2D eigenvalue weighted by Crippen LogP contribution is 2.26. The average Bonchev–Trinajstić information content (AvgIpc) is 2.64. The van der Waals surface area contributed by atoms with Gasteiger partial charge in [-0.1, -0.05) is 13.8 Å². The van der Waals surface area contributed by atoms with Gasteiger partial charge >= 0.3 is 5.97 Å². The van der Waals surface area contributed by atoms with Gasteiger partial charge in [-0.3, -0.25) is 4.79 Å². The molecule has 6 nitrogen and oxygen atoms in total. The first-order valence-corrected chi connectivity index (χ1v) is 6.34. The molecule has 2 aromatic rings. The fraction of sp³-hybridized carbons (Fsp3) is 0.357. The Morgan fingerprint density at radius 2 is 2.00 bits per heavy atom. The second-order valence-corrected chi connectivity index (χ2v) is 5.13. The summed E-state index contributed by atoms with van der Waals surface area (Å²) < 4.78 is 1.77. The van der Waals surface area contributed by atoms with Gasteiger partial charge in [-0.2, -0.15) is 0 Å². The molecule has 0 radical (unpaired) electrons. The SMILES string of the molecule is Cc1nc2cc(C(=O)O)ccc2n1C(C(N)=O)C(C)C. The molecule has 6 heteroatoms. The van der Waals surface area contributed by atoms with Crippen LogP contribution in [0.3, 0.4) is 0 Å². The van der Waals surface area contributed by atoms with Gasteiger partial charge in [0.05, 0.1) is 16.6 Å². The molecule has 1 atom stereocenters. The number of nitrogens with two attached hydrogens (primary N) is 1. The molecule has 0 saturated carbocycles. The lowest BCUT2D eigenvalue weighted by molar-refractivity contribution is -0.122. The van der Waals surface area contributed by atoms with Crippen molar-refractivity contribution in [3.8, 4) is 0 Å². The number of benzene rings is 1. The van der Waals surface area contributed by atoms with Crippen LogP contribution >= 0.6 is 0 Å². The van der Waals surface area contributed by atoms with Crippen molar-refractivity contribution in [1.29, 1.82) is 0 Å². The Morgan fingerprint density at radius 1 is 1.35 bits per heavy atom. The van der Waals surface area contributed by atoms with Crippen LogP contribution in [0.1, 0.15) is 36.1 Å². The molecule has 3 N–H and O–H groups in total. The number of nitrogens with zero attached hydrogens (tertiary/aromatic N) is 2. The van der Waals surface area contributed by atoms with Crippen LogP contribution in [-0.2, 0) is 4.79 Å². The number of fused-ring (bicyclic) bond motifs is 1. The molecule has 1 heterocycles. The highest BCUT2D eigenvalue weighted by Gasteiger charge is 2.25. The monoisotopic (exact) mass is 275 g/mol. The normalized spacial score (nSPS) is 12.8. The summed E-state index contributed by atoms with van der Waals surface area (Å²) >= 11 is 0. The van der Waals surface area contributed by atoms with E-state index in [1.54, 1.807) is 17.6 Å². The van der Waals surface area contributed by atoms with Crippen molar-refractivity contribution in [2.24, 2.45) is 11.7 Å². The highest BCUT2D eigenvalue weighted by atomic mass is 16.4. The van der Waals surface area contributed by atoms with E-state index in [9.17, 15) is 9.59 Å². The minimum atomic E-state index is -1.01. The number of carboxylic acids is 1. The maximum Gasteiger partial charge on any atom is 0.335 e. The van der Waals surface area contributed by atoms with Crippen molar-refractivity contribution in [1.82, 2.24) is 9.55 Å². The van der Waals surface area contributed by atoms with Crippen LogP contribution in [0.2, 0.25) is 0 Å². The van der Waals surface area contributed by atoms with Crippen molar-refractivity contribution in [2.45, 2.75) is 26.8 Å². The predicted octanol–water partition coefficient (Wildman–Crippen LogP) is 1.73. The topological polar surface area (TPSA) is 98.2 Å². The maximum atomic E-state index is 11.7. The summed E-state index contributed by atoms with van der Waals surface area (Å²) in [4.78, 5) is 27.0. The number of aryl methyl sites for hydroxylation is 1. The fourth-order valence-corrected chi connectivity index (χ4v) is 2.46. The summed E-state index contributed by atoms with van der Waals surface area (Å²) in [6, 6.07) is 4.16. The number of hydrogen-bond donors (Lipinski definition) is 2. The van der Waals surface area contributed by atoms with Gasteiger partial charge in [-0.25, -0.2) is 9.78 Å². The third-order valence-corrected chi connectivity index (χ3v) is 3.31. The quantitative estimate of drug-likeness (QED) is 0.887. The number of primary amides is 1. The maximum absolute atomic E-state index is 11.7. The second-order valence-electron chi connectivity index (χ2n) is 5.13. The number of carboxylic acid groups (broad SMARTS) is 1. The summed E-state index contributed by atoms with van der Waals surface area (Å²) in [5.74, 6) is -0.776. The van der Waals surface area contributed by atoms with E-state index in [-0.39, 0.29) is 11.5 Å². The Balaban J connectivity index is 2.68. The van der Waals surface area contributed by atoms with Crippen LogP contribution < -0.4 is 5.73 Å². The van der Waals surface area contributed by atoms with Gasteiger partial charge in [-0.05, 0) is 31.0 Å².